The molecule has 0 bridgehead atoms. The lowest BCUT2D eigenvalue weighted by molar-refractivity contribution is -0.123. The first-order valence-corrected chi connectivity index (χ1v) is 7.98. The highest BCUT2D eigenvalue weighted by molar-refractivity contribution is 5.76. The number of likely N-dealkylation sites (tertiary alicyclic amines) is 1. The standard InChI is InChI=1S/C15H26F2N2O2/c16-14(17)9-18-15(20)8-12-3-5-19(6-4-12)10-13-2-1-7-21-11-13/h12-14H,1-11H2,(H,18,20). The van der Waals surface area contributed by atoms with Crippen molar-refractivity contribution in [1.29, 1.82) is 0 Å². The van der Waals surface area contributed by atoms with Gasteiger partial charge in [-0.3, -0.25) is 4.79 Å². The van der Waals surface area contributed by atoms with E-state index in [1.165, 1.54) is 6.42 Å². The Morgan fingerprint density at radius 1 is 1.24 bits per heavy atom. The quantitative estimate of drug-likeness (QED) is 0.815. The third-order valence-corrected chi connectivity index (χ3v) is 4.41. The molecule has 1 atom stereocenters. The Balaban J connectivity index is 1.60. The summed E-state index contributed by atoms with van der Waals surface area (Å²) in [6.45, 7) is 4.33. The molecule has 1 unspecified atom stereocenters. The summed E-state index contributed by atoms with van der Waals surface area (Å²) in [5.41, 5.74) is 0. The van der Waals surface area contributed by atoms with E-state index in [1.54, 1.807) is 0 Å². The van der Waals surface area contributed by atoms with E-state index in [-0.39, 0.29) is 5.91 Å². The molecular formula is C15H26F2N2O2. The molecule has 0 aliphatic carbocycles. The van der Waals surface area contributed by atoms with Crippen LogP contribution in [0.3, 0.4) is 0 Å². The molecule has 1 amide bonds. The second kappa shape index (κ2) is 8.63. The highest BCUT2D eigenvalue weighted by Gasteiger charge is 2.24. The molecule has 0 radical (unpaired) electrons. The lowest BCUT2D eigenvalue weighted by atomic mass is 9.92. The predicted octanol–water partition coefficient (Wildman–Crippen LogP) is 1.90. The van der Waals surface area contributed by atoms with E-state index in [0.29, 0.717) is 18.3 Å². The number of alkyl halides is 2. The number of rotatable bonds is 6. The molecule has 2 aliphatic heterocycles. The van der Waals surface area contributed by atoms with E-state index < -0.39 is 13.0 Å². The molecule has 0 saturated carbocycles. The predicted molar refractivity (Wildman–Crippen MR) is 76.3 cm³/mol. The summed E-state index contributed by atoms with van der Waals surface area (Å²) in [5.74, 6) is 0.737. The molecule has 4 nitrogen and oxygen atoms in total. The monoisotopic (exact) mass is 304 g/mol. The number of hydrogen-bond acceptors (Lipinski definition) is 3. The van der Waals surface area contributed by atoms with Crippen LogP contribution < -0.4 is 5.32 Å². The van der Waals surface area contributed by atoms with Gasteiger partial charge in [0.05, 0.1) is 13.2 Å². The van der Waals surface area contributed by atoms with Gasteiger partial charge in [0, 0.05) is 19.6 Å². The van der Waals surface area contributed by atoms with Crippen molar-refractivity contribution in [3.05, 3.63) is 0 Å². The van der Waals surface area contributed by atoms with E-state index in [9.17, 15) is 13.6 Å². The molecule has 0 aromatic carbocycles. The third-order valence-electron chi connectivity index (χ3n) is 4.41. The Morgan fingerprint density at radius 2 is 2.00 bits per heavy atom. The number of hydrogen-bond donors (Lipinski definition) is 1. The minimum atomic E-state index is -2.46. The first kappa shape index (κ1) is 16.6. The summed E-state index contributed by atoms with van der Waals surface area (Å²) in [7, 11) is 0. The number of halogens is 2. The maximum Gasteiger partial charge on any atom is 0.255 e. The normalized spacial score (nSPS) is 25.2. The first-order valence-electron chi connectivity index (χ1n) is 7.98. The van der Waals surface area contributed by atoms with Crippen LogP contribution in [0.25, 0.3) is 0 Å². The second-order valence-corrected chi connectivity index (χ2v) is 6.23. The van der Waals surface area contributed by atoms with Gasteiger partial charge in [-0.1, -0.05) is 0 Å². The van der Waals surface area contributed by atoms with Gasteiger partial charge < -0.3 is 15.0 Å². The minimum Gasteiger partial charge on any atom is -0.381 e. The van der Waals surface area contributed by atoms with Gasteiger partial charge in [0.25, 0.3) is 6.43 Å². The van der Waals surface area contributed by atoms with Gasteiger partial charge in [0.1, 0.15) is 0 Å². The Hall–Kier alpha value is -0.750. The molecule has 2 aliphatic rings. The molecule has 0 aromatic rings. The van der Waals surface area contributed by atoms with Crippen LogP contribution in [0.1, 0.15) is 32.1 Å². The van der Waals surface area contributed by atoms with Crippen molar-refractivity contribution in [1.82, 2.24) is 10.2 Å². The molecule has 1 N–H and O–H groups in total. The average Bonchev–Trinajstić information content (AvgIpc) is 2.48. The molecule has 122 valence electrons. The topological polar surface area (TPSA) is 41.6 Å². The first-order chi connectivity index (χ1) is 10.1. The van der Waals surface area contributed by atoms with E-state index in [0.717, 1.165) is 52.1 Å². The van der Waals surface area contributed by atoms with E-state index in [2.05, 4.69) is 10.2 Å². The summed E-state index contributed by atoms with van der Waals surface area (Å²) in [6.07, 6.45) is 2.29. The van der Waals surface area contributed by atoms with Crippen molar-refractivity contribution in [2.45, 2.75) is 38.5 Å². The van der Waals surface area contributed by atoms with E-state index in [1.807, 2.05) is 0 Å². The number of nitrogens with zero attached hydrogens (tertiary/aromatic N) is 1. The zero-order valence-electron chi connectivity index (χ0n) is 12.5. The zero-order valence-corrected chi connectivity index (χ0v) is 12.5. The van der Waals surface area contributed by atoms with Crippen molar-refractivity contribution in [2.75, 3.05) is 39.4 Å². The number of piperidine rings is 1. The summed E-state index contributed by atoms with van der Waals surface area (Å²) >= 11 is 0. The molecule has 0 aromatic heterocycles. The smallest absolute Gasteiger partial charge is 0.255 e. The summed E-state index contributed by atoms with van der Waals surface area (Å²) < 4.78 is 29.5. The van der Waals surface area contributed by atoms with E-state index >= 15 is 0 Å². The maximum atomic E-state index is 12.0. The Labute approximate surface area is 125 Å². The maximum absolute atomic E-state index is 12.0. The van der Waals surface area contributed by atoms with Crippen LogP contribution >= 0.6 is 0 Å². The highest BCUT2D eigenvalue weighted by Crippen LogP contribution is 2.23. The van der Waals surface area contributed by atoms with Gasteiger partial charge in [-0.2, -0.15) is 0 Å². The van der Waals surface area contributed by atoms with Crippen molar-refractivity contribution < 1.29 is 18.3 Å². The van der Waals surface area contributed by atoms with Gasteiger partial charge >= 0.3 is 0 Å². The molecule has 0 spiro atoms. The molecule has 2 rings (SSSR count). The minimum absolute atomic E-state index is 0.241. The fourth-order valence-electron chi connectivity index (χ4n) is 3.22. The Morgan fingerprint density at radius 3 is 2.62 bits per heavy atom. The number of amides is 1. The number of nitrogens with one attached hydrogen (secondary N) is 1. The van der Waals surface area contributed by atoms with Crippen molar-refractivity contribution in [2.24, 2.45) is 11.8 Å². The largest absolute Gasteiger partial charge is 0.381 e. The molecular weight excluding hydrogens is 278 g/mol. The van der Waals surface area contributed by atoms with Crippen LogP contribution in [-0.2, 0) is 9.53 Å². The van der Waals surface area contributed by atoms with Crippen LogP contribution in [0.15, 0.2) is 0 Å². The summed E-state index contributed by atoms with van der Waals surface area (Å²) in [4.78, 5) is 14.0. The SMILES string of the molecule is O=C(CC1CCN(CC2CCCOC2)CC1)NCC(F)F. The van der Waals surface area contributed by atoms with Gasteiger partial charge in [-0.15, -0.1) is 0 Å². The Kier molecular flexibility index (Phi) is 6.83. The number of ether oxygens (including phenoxy) is 1. The van der Waals surface area contributed by atoms with Crippen molar-refractivity contribution >= 4 is 5.91 Å². The van der Waals surface area contributed by atoms with Crippen LogP contribution in [-0.4, -0.2) is 56.6 Å². The van der Waals surface area contributed by atoms with Gasteiger partial charge in [0.2, 0.25) is 5.91 Å². The van der Waals surface area contributed by atoms with Gasteiger partial charge in [-0.05, 0) is 50.6 Å². The number of carbonyl (C=O) groups is 1. The fourth-order valence-corrected chi connectivity index (χ4v) is 3.22. The lowest BCUT2D eigenvalue weighted by Gasteiger charge is -2.35. The van der Waals surface area contributed by atoms with Crippen molar-refractivity contribution in [3.8, 4) is 0 Å². The third kappa shape index (κ3) is 6.26. The van der Waals surface area contributed by atoms with Crippen LogP contribution in [0.2, 0.25) is 0 Å². The second-order valence-electron chi connectivity index (χ2n) is 6.23. The lowest BCUT2D eigenvalue weighted by Crippen LogP contribution is -2.40. The zero-order chi connectivity index (χ0) is 15.1. The van der Waals surface area contributed by atoms with Crippen LogP contribution in [0, 0.1) is 11.8 Å². The molecule has 2 fully saturated rings. The average molecular weight is 304 g/mol. The molecule has 2 heterocycles. The molecule has 2 saturated heterocycles. The summed E-state index contributed by atoms with van der Waals surface area (Å²) in [6, 6.07) is 0. The van der Waals surface area contributed by atoms with Crippen LogP contribution in [0.5, 0.6) is 0 Å². The molecule has 21 heavy (non-hydrogen) atoms. The molecule has 6 heteroatoms. The van der Waals surface area contributed by atoms with Gasteiger partial charge in [-0.25, -0.2) is 8.78 Å². The summed E-state index contributed by atoms with van der Waals surface area (Å²) in [5, 5.41) is 2.29. The van der Waals surface area contributed by atoms with Gasteiger partial charge in [0.15, 0.2) is 0 Å². The fraction of sp³-hybridized carbons (Fsp3) is 0.933. The highest BCUT2D eigenvalue weighted by atomic mass is 19.3. The number of carbonyl (C=O) groups excluding carboxylic acids is 1. The van der Waals surface area contributed by atoms with Crippen LogP contribution in [0.4, 0.5) is 8.78 Å². The van der Waals surface area contributed by atoms with Crippen molar-refractivity contribution in [3.63, 3.8) is 0 Å². The Bertz CT molecular complexity index is 315. The van der Waals surface area contributed by atoms with E-state index in [4.69, 9.17) is 4.74 Å².